The molecule has 2 aromatic carbocycles. The Morgan fingerprint density at radius 1 is 1.03 bits per heavy atom. The number of imidazole rings is 1. The Kier molecular flexibility index (Phi) is 4.28. The van der Waals surface area contributed by atoms with E-state index in [4.69, 9.17) is 4.74 Å². The molecule has 0 saturated heterocycles. The van der Waals surface area contributed by atoms with Crippen molar-refractivity contribution in [2.75, 3.05) is 6.61 Å². The van der Waals surface area contributed by atoms with Crippen molar-refractivity contribution < 1.29 is 19.1 Å². The number of rotatable bonds is 4. The molecule has 6 rings (SSSR count). The van der Waals surface area contributed by atoms with Crippen LogP contribution in [0.25, 0.3) is 16.9 Å². The van der Waals surface area contributed by atoms with E-state index in [0.29, 0.717) is 23.2 Å². The third-order valence-corrected chi connectivity index (χ3v) is 6.30. The average molecular weight is 454 g/mol. The van der Waals surface area contributed by atoms with Crippen LogP contribution < -0.4 is 5.56 Å². The Bertz CT molecular complexity index is 1580. The van der Waals surface area contributed by atoms with Crippen LogP contribution in [-0.4, -0.2) is 43.7 Å². The zero-order valence-corrected chi connectivity index (χ0v) is 18.1. The lowest BCUT2D eigenvalue weighted by molar-refractivity contribution is 0.0519. The van der Waals surface area contributed by atoms with Crippen LogP contribution in [0.4, 0.5) is 0 Å². The Labute approximate surface area is 192 Å². The fourth-order valence-electron chi connectivity index (χ4n) is 4.75. The zero-order chi connectivity index (χ0) is 23.6. The molecule has 34 heavy (non-hydrogen) atoms. The number of ether oxygens (including phenoxy) is 1. The minimum Gasteiger partial charge on any atom is -0.461 e. The van der Waals surface area contributed by atoms with E-state index in [1.165, 1.54) is 11.1 Å². The number of carbonyl (C=O) groups is 3. The lowest BCUT2D eigenvalue weighted by Crippen LogP contribution is -2.29. The molecule has 4 aromatic rings. The minimum absolute atomic E-state index is 0.0583. The second-order valence-corrected chi connectivity index (χ2v) is 8.18. The van der Waals surface area contributed by atoms with Gasteiger partial charge >= 0.3 is 5.97 Å². The Hall–Kier alpha value is -4.53. The van der Waals surface area contributed by atoms with Gasteiger partial charge in [-0.3, -0.25) is 23.7 Å². The molecule has 9 heteroatoms. The molecule has 9 nitrogen and oxygen atoms in total. The van der Waals surface area contributed by atoms with Crippen LogP contribution in [0.2, 0.25) is 0 Å². The average Bonchev–Trinajstić information content (AvgIpc) is 3.51. The van der Waals surface area contributed by atoms with Gasteiger partial charge in [0.25, 0.3) is 17.4 Å². The number of nitrogens with zero attached hydrogens (tertiary/aromatic N) is 3. The molecule has 3 heterocycles. The number of benzene rings is 2. The molecule has 1 aliphatic heterocycles. The highest BCUT2D eigenvalue weighted by Gasteiger charge is 2.36. The number of amides is 2. The van der Waals surface area contributed by atoms with Crippen LogP contribution in [0.1, 0.15) is 54.9 Å². The first kappa shape index (κ1) is 20.1. The molecule has 0 radical (unpaired) electrons. The smallest absolute Gasteiger partial charge is 0.358 e. The third-order valence-electron chi connectivity index (χ3n) is 6.30. The molecule has 0 fully saturated rings. The van der Waals surface area contributed by atoms with Gasteiger partial charge in [-0.15, -0.1) is 0 Å². The third kappa shape index (κ3) is 2.76. The lowest BCUT2D eigenvalue weighted by atomic mass is 10.0. The van der Waals surface area contributed by atoms with Crippen LogP contribution in [-0.2, 0) is 17.7 Å². The minimum atomic E-state index is -0.596. The molecular weight excluding hydrogens is 436 g/mol. The van der Waals surface area contributed by atoms with Crippen molar-refractivity contribution in [3.8, 4) is 11.3 Å². The fourth-order valence-corrected chi connectivity index (χ4v) is 4.75. The van der Waals surface area contributed by atoms with Gasteiger partial charge in [0, 0.05) is 18.2 Å². The van der Waals surface area contributed by atoms with E-state index in [0.717, 1.165) is 22.4 Å². The number of nitrogens with one attached hydrogen (secondary N) is 1. The van der Waals surface area contributed by atoms with Crippen molar-refractivity contribution in [1.82, 2.24) is 19.3 Å². The molecule has 0 bridgehead atoms. The van der Waals surface area contributed by atoms with Gasteiger partial charge in [0.1, 0.15) is 0 Å². The molecule has 2 aliphatic rings. The molecule has 2 aromatic heterocycles. The maximum absolute atomic E-state index is 12.9. The number of esters is 1. The molecule has 0 spiro atoms. The summed E-state index contributed by atoms with van der Waals surface area (Å²) < 4.78 is 6.64. The van der Waals surface area contributed by atoms with E-state index in [1.807, 2.05) is 18.2 Å². The SMILES string of the molecule is CCOC(=O)c1cn2c3c([nH]c(=O)c2n1)-c1cccc(CN2C(=O)c4ccccc4C2=O)c1C3. The van der Waals surface area contributed by atoms with Crippen LogP contribution >= 0.6 is 0 Å². The number of carbonyl (C=O) groups excluding carboxylic acids is 3. The molecule has 1 N–H and O–H groups in total. The van der Waals surface area contributed by atoms with Crippen LogP contribution in [0, 0.1) is 0 Å². The predicted octanol–water partition coefficient (Wildman–Crippen LogP) is 2.57. The summed E-state index contributed by atoms with van der Waals surface area (Å²) in [7, 11) is 0. The van der Waals surface area contributed by atoms with Gasteiger partial charge in [-0.2, -0.15) is 0 Å². The van der Waals surface area contributed by atoms with Crippen LogP contribution in [0.15, 0.2) is 53.5 Å². The van der Waals surface area contributed by atoms with Gasteiger partial charge in [0.15, 0.2) is 5.69 Å². The first-order chi connectivity index (χ1) is 16.5. The summed E-state index contributed by atoms with van der Waals surface area (Å²) in [6, 6.07) is 12.4. The van der Waals surface area contributed by atoms with Crippen molar-refractivity contribution in [1.29, 1.82) is 0 Å². The van der Waals surface area contributed by atoms with Crippen LogP contribution in [0.3, 0.4) is 0 Å². The van der Waals surface area contributed by atoms with Crippen molar-refractivity contribution in [3.63, 3.8) is 0 Å². The fraction of sp³-hybridized carbons (Fsp3) is 0.160. The lowest BCUT2D eigenvalue weighted by Gasteiger charge is -2.16. The largest absolute Gasteiger partial charge is 0.461 e. The quantitative estimate of drug-likeness (QED) is 0.330. The standard InChI is InChI=1S/C25H18N4O5/c1-2-34-25(33)18-12-28-19-10-17-13(6-5-9-14(17)20(19)27-22(30)21(28)26-18)11-29-23(31)15-7-3-4-8-16(15)24(29)32/h3-9,12H,2,10-11H2,1H3,(H,27,30). The van der Waals surface area contributed by atoms with Crippen molar-refractivity contribution in [2.45, 2.75) is 19.9 Å². The Balaban J connectivity index is 1.41. The van der Waals surface area contributed by atoms with E-state index < -0.39 is 11.5 Å². The highest BCUT2D eigenvalue weighted by molar-refractivity contribution is 6.21. The topological polar surface area (TPSA) is 114 Å². The maximum atomic E-state index is 12.9. The Morgan fingerprint density at radius 3 is 2.44 bits per heavy atom. The molecule has 2 amide bonds. The summed E-state index contributed by atoms with van der Waals surface area (Å²) in [5, 5.41) is 0. The molecule has 0 unspecified atom stereocenters. The van der Waals surface area contributed by atoms with E-state index in [-0.39, 0.29) is 36.3 Å². The zero-order valence-electron chi connectivity index (χ0n) is 18.1. The van der Waals surface area contributed by atoms with Gasteiger partial charge in [-0.05, 0) is 30.2 Å². The van der Waals surface area contributed by atoms with Crippen molar-refractivity contribution in [2.24, 2.45) is 0 Å². The molecule has 1 aliphatic carbocycles. The van der Waals surface area contributed by atoms with E-state index in [1.54, 1.807) is 35.6 Å². The van der Waals surface area contributed by atoms with Gasteiger partial charge in [0.05, 0.1) is 35.7 Å². The number of aromatic amines is 1. The molecule has 168 valence electrons. The van der Waals surface area contributed by atoms with E-state index in [2.05, 4.69) is 9.97 Å². The summed E-state index contributed by atoms with van der Waals surface area (Å²) in [5.41, 5.74) is 4.47. The number of fused-ring (bicyclic) bond motifs is 6. The summed E-state index contributed by atoms with van der Waals surface area (Å²) in [6.45, 7) is 2.02. The number of imide groups is 1. The summed E-state index contributed by atoms with van der Waals surface area (Å²) in [6.07, 6.45) is 1.95. The molecular formula is C25H18N4O5. The summed E-state index contributed by atoms with van der Waals surface area (Å²) in [5.74, 6) is -1.24. The number of hydrogen-bond donors (Lipinski definition) is 1. The van der Waals surface area contributed by atoms with Gasteiger partial charge in [-0.1, -0.05) is 30.3 Å². The monoisotopic (exact) mass is 454 g/mol. The normalized spacial score (nSPS) is 13.9. The van der Waals surface area contributed by atoms with Gasteiger partial charge < -0.3 is 9.72 Å². The number of hydrogen-bond acceptors (Lipinski definition) is 6. The summed E-state index contributed by atoms with van der Waals surface area (Å²) in [4.78, 5) is 58.9. The predicted molar refractivity (Wildman–Crippen MR) is 121 cm³/mol. The van der Waals surface area contributed by atoms with Crippen molar-refractivity contribution >= 4 is 23.4 Å². The first-order valence-electron chi connectivity index (χ1n) is 10.9. The maximum Gasteiger partial charge on any atom is 0.358 e. The van der Waals surface area contributed by atoms with Gasteiger partial charge in [-0.25, -0.2) is 9.78 Å². The van der Waals surface area contributed by atoms with Gasteiger partial charge in [0.2, 0.25) is 5.65 Å². The number of aromatic nitrogens is 3. The summed E-state index contributed by atoms with van der Waals surface area (Å²) >= 11 is 0. The van der Waals surface area contributed by atoms with E-state index in [9.17, 15) is 19.2 Å². The first-order valence-corrected chi connectivity index (χ1v) is 10.9. The van der Waals surface area contributed by atoms with Crippen molar-refractivity contribution in [3.05, 3.63) is 92.7 Å². The molecule has 0 saturated carbocycles. The second kappa shape index (κ2) is 7.24. The van der Waals surface area contributed by atoms with E-state index >= 15 is 0 Å². The van der Waals surface area contributed by atoms with Crippen LogP contribution in [0.5, 0.6) is 0 Å². The number of H-pyrrole nitrogens is 1. The Morgan fingerprint density at radius 2 is 1.74 bits per heavy atom. The molecule has 0 atom stereocenters. The second-order valence-electron chi connectivity index (χ2n) is 8.18. The highest BCUT2D eigenvalue weighted by Crippen LogP contribution is 2.37. The highest BCUT2D eigenvalue weighted by atomic mass is 16.5.